The van der Waals surface area contributed by atoms with Gasteiger partial charge in [0.25, 0.3) is 0 Å². The monoisotopic (exact) mass is 468 g/mol. The van der Waals surface area contributed by atoms with Crippen molar-refractivity contribution in [3.63, 3.8) is 0 Å². The van der Waals surface area contributed by atoms with E-state index in [1.807, 2.05) is 0 Å². The summed E-state index contributed by atoms with van der Waals surface area (Å²) >= 11 is 0. The zero-order valence-electron chi connectivity index (χ0n) is 19.1. The Labute approximate surface area is 200 Å². The van der Waals surface area contributed by atoms with Gasteiger partial charge in [0.15, 0.2) is 0 Å². The van der Waals surface area contributed by atoms with Crippen molar-refractivity contribution >= 4 is 24.8 Å². The van der Waals surface area contributed by atoms with Gasteiger partial charge < -0.3 is 14.4 Å². The van der Waals surface area contributed by atoms with E-state index in [0.717, 1.165) is 58.0 Å². The molecule has 0 N–H and O–H groups in total. The smallest absolute Gasteiger partial charge is 0.125 e. The fourth-order valence-corrected chi connectivity index (χ4v) is 4.06. The van der Waals surface area contributed by atoms with E-state index in [2.05, 4.69) is 73.0 Å². The van der Waals surface area contributed by atoms with E-state index in [-0.39, 0.29) is 24.8 Å². The topological polar surface area (TPSA) is 24.9 Å². The number of benzene rings is 2. The molecule has 1 saturated heterocycles. The fraction of sp³-hybridized carbons (Fsp3) is 0.520. The molecule has 4 nitrogen and oxygen atoms in total. The van der Waals surface area contributed by atoms with Crippen molar-refractivity contribution in [1.29, 1.82) is 0 Å². The van der Waals surface area contributed by atoms with Gasteiger partial charge in [0, 0.05) is 39.3 Å². The van der Waals surface area contributed by atoms with Crippen LogP contribution >= 0.6 is 24.8 Å². The first kappa shape index (κ1) is 27.7. The lowest BCUT2D eigenvalue weighted by Gasteiger charge is -2.34. The molecule has 0 aromatic heterocycles. The molecular weight excluding hydrogens is 431 g/mol. The van der Waals surface area contributed by atoms with Crippen molar-refractivity contribution in [2.75, 3.05) is 59.1 Å². The van der Waals surface area contributed by atoms with Crippen molar-refractivity contribution in [3.8, 4) is 5.75 Å². The van der Waals surface area contributed by atoms with Crippen molar-refractivity contribution in [2.45, 2.75) is 27.2 Å². The lowest BCUT2D eigenvalue weighted by atomic mass is 10.1. The summed E-state index contributed by atoms with van der Waals surface area (Å²) < 4.78 is 11.8. The van der Waals surface area contributed by atoms with Crippen LogP contribution < -0.4 is 4.74 Å². The third-order valence-electron chi connectivity index (χ3n) is 5.66. The highest BCUT2D eigenvalue weighted by molar-refractivity contribution is 5.85. The van der Waals surface area contributed by atoms with Crippen LogP contribution in [-0.2, 0) is 11.2 Å². The van der Waals surface area contributed by atoms with Crippen LogP contribution in [0.5, 0.6) is 5.75 Å². The average Bonchev–Trinajstić information content (AvgIpc) is 2.72. The highest BCUT2D eigenvalue weighted by Gasteiger charge is 2.16. The Balaban J connectivity index is 0.00000240. The Hall–Kier alpha value is -1.30. The number of aryl methyl sites for hydroxylation is 3. The van der Waals surface area contributed by atoms with Crippen LogP contribution in [0.15, 0.2) is 42.5 Å². The van der Waals surface area contributed by atoms with E-state index in [4.69, 9.17) is 9.47 Å². The Bertz CT molecular complexity index is 727. The van der Waals surface area contributed by atoms with Gasteiger partial charge in [0.05, 0.1) is 13.2 Å². The first-order valence-electron chi connectivity index (χ1n) is 10.9. The molecule has 0 saturated carbocycles. The summed E-state index contributed by atoms with van der Waals surface area (Å²) in [5.41, 5.74) is 5.12. The SMILES string of the molecule is Cc1cc(C)c(OCCOCCN2CCN(CCc3ccccc3)CC2)c(C)c1.Cl.Cl. The summed E-state index contributed by atoms with van der Waals surface area (Å²) in [4.78, 5) is 5.08. The van der Waals surface area contributed by atoms with Gasteiger partial charge in [-0.1, -0.05) is 48.0 Å². The van der Waals surface area contributed by atoms with Crippen LogP contribution in [0.2, 0.25) is 0 Å². The number of halogens is 2. The highest BCUT2D eigenvalue weighted by Crippen LogP contribution is 2.24. The van der Waals surface area contributed by atoms with Crippen molar-refractivity contribution in [3.05, 3.63) is 64.7 Å². The second-order valence-electron chi connectivity index (χ2n) is 8.11. The van der Waals surface area contributed by atoms with Crippen LogP contribution in [0.4, 0.5) is 0 Å². The Morgan fingerprint density at radius 3 is 1.94 bits per heavy atom. The minimum Gasteiger partial charge on any atom is -0.491 e. The van der Waals surface area contributed by atoms with Crippen LogP contribution in [0.1, 0.15) is 22.3 Å². The van der Waals surface area contributed by atoms with Crippen LogP contribution in [0.3, 0.4) is 0 Å². The van der Waals surface area contributed by atoms with E-state index in [1.165, 1.54) is 22.3 Å². The largest absolute Gasteiger partial charge is 0.491 e. The van der Waals surface area contributed by atoms with Gasteiger partial charge in [-0.3, -0.25) is 4.90 Å². The van der Waals surface area contributed by atoms with Crippen LogP contribution in [0, 0.1) is 20.8 Å². The van der Waals surface area contributed by atoms with E-state index in [0.29, 0.717) is 13.2 Å². The number of nitrogens with zero attached hydrogens (tertiary/aromatic N) is 2. The number of hydrogen-bond acceptors (Lipinski definition) is 4. The molecule has 174 valence electrons. The van der Waals surface area contributed by atoms with E-state index in [9.17, 15) is 0 Å². The third-order valence-corrected chi connectivity index (χ3v) is 5.66. The van der Waals surface area contributed by atoms with Crippen molar-refractivity contribution < 1.29 is 9.47 Å². The zero-order chi connectivity index (χ0) is 20.5. The van der Waals surface area contributed by atoms with E-state index in [1.54, 1.807) is 0 Å². The van der Waals surface area contributed by atoms with Gasteiger partial charge in [-0.2, -0.15) is 0 Å². The summed E-state index contributed by atoms with van der Waals surface area (Å²) in [6.45, 7) is 15.1. The molecule has 0 amide bonds. The zero-order valence-corrected chi connectivity index (χ0v) is 20.8. The Morgan fingerprint density at radius 2 is 1.32 bits per heavy atom. The quantitative estimate of drug-likeness (QED) is 0.471. The standard InChI is InChI=1S/C25H36N2O2.2ClH/c1-21-19-22(2)25(23(3)20-21)29-18-17-28-16-15-27-13-11-26(12-14-27)10-9-24-7-5-4-6-8-24;;/h4-8,19-20H,9-18H2,1-3H3;2*1H. The molecule has 0 unspecified atom stereocenters. The van der Waals surface area contributed by atoms with E-state index < -0.39 is 0 Å². The van der Waals surface area contributed by atoms with Gasteiger partial charge in [-0.25, -0.2) is 0 Å². The highest BCUT2D eigenvalue weighted by atomic mass is 35.5. The molecule has 1 fully saturated rings. The van der Waals surface area contributed by atoms with Crippen LogP contribution in [-0.4, -0.2) is 68.9 Å². The predicted octanol–water partition coefficient (Wildman–Crippen LogP) is 4.71. The number of hydrogen-bond donors (Lipinski definition) is 0. The summed E-state index contributed by atoms with van der Waals surface area (Å²) in [6, 6.07) is 15.1. The number of rotatable bonds is 10. The molecule has 0 aliphatic carbocycles. The minimum absolute atomic E-state index is 0. The van der Waals surface area contributed by atoms with Crippen molar-refractivity contribution in [1.82, 2.24) is 9.80 Å². The molecule has 2 aromatic rings. The average molecular weight is 469 g/mol. The third kappa shape index (κ3) is 9.38. The van der Waals surface area contributed by atoms with Gasteiger partial charge in [-0.15, -0.1) is 24.8 Å². The number of piperazine rings is 1. The van der Waals surface area contributed by atoms with Crippen molar-refractivity contribution in [2.24, 2.45) is 0 Å². The molecule has 1 aliphatic rings. The molecule has 31 heavy (non-hydrogen) atoms. The molecule has 0 spiro atoms. The van der Waals surface area contributed by atoms with Gasteiger partial charge in [-0.05, 0) is 43.9 Å². The van der Waals surface area contributed by atoms with Gasteiger partial charge in [0.2, 0.25) is 0 Å². The lowest BCUT2D eigenvalue weighted by Crippen LogP contribution is -2.47. The maximum absolute atomic E-state index is 5.95. The second-order valence-corrected chi connectivity index (χ2v) is 8.11. The molecule has 0 radical (unpaired) electrons. The summed E-state index contributed by atoms with van der Waals surface area (Å²) in [6.07, 6.45) is 1.14. The molecule has 0 atom stereocenters. The molecule has 1 aliphatic heterocycles. The van der Waals surface area contributed by atoms with E-state index >= 15 is 0 Å². The minimum atomic E-state index is 0. The van der Waals surface area contributed by atoms with Crippen LogP contribution in [0.25, 0.3) is 0 Å². The first-order valence-corrected chi connectivity index (χ1v) is 10.9. The Morgan fingerprint density at radius 1 is 0.742 bits per heavy atom. The van der Waals surface area contributed by atoms with Gasteiger partial charge >= 0.3 is 0 Å². The predicted molar refractivity (Wildman–Crippen MR) is 134 cm³/mol. The molecular formula is C25H38Cl2N2O2. The molecule has 0 bridgehead atoms. The lowest BCUT2D eigenvalue weighted by molar-refractivity contribution is 0.0617. The molecule has 3 rings (SSSR count). The fourth-order valence-electron chi connectivity index (χ4n) is 4.06. The summed E-state index contributed by atoms with van der Waals surface area (Å²) in [5.74, 6) is 1.01. The molecule has 2 aromatic carbocycles. The summed E-state index contributed by atoms with van der Waals surface area (Å²) in [5, 5.41) is 0. The number of ether oxygens (including phenoxy) is 2. The maximum atomic E-state index is 5.95. The maximum Gasteiger partial charge on any atom is 0.125 e. The summed E-state index contributed by atoms with van der Waals surface area (Å²) in [7, 11) is 0. The second kappa shape index (κ2) is 14.7. The van der Waals surface area contributed by atoms with Gasteiger partial charge in [0.1, 0.15) is 12.4 Å². The normalized spacial score (nSPS) is 14.5. The molecule has 6 heteroatoms. The Kier molecular flexibility index (Phi) is 13.2. The molecule has 1 heterocycles. The first-order chi connectivity index (χ1) is 14.1.